The summed E-state index contributed by atoms with van der Waals surface area (Å²) in [6, 6.07) is 41.0. The monoisotopic (exact) mass is 487 g/mol. The van der Waals surface area contributed by atoms with Gasteiger partial charge in [0.25, 0.3) is 0 Å². The van der Waals surface area contributed by atoms with Gasteiger partial charge in [-0.3, -0.25) is 4.79 Å². The SMILES string of the molecule is O=C(Cc1ccccc1)C1NCC2C1C(c1ccccc1)(c1ccccc1)CCC2(O)c1ccccc1. The van der Waals surface area contributed by atoms with Gasteiger partial charge in [-0.25, -0.2) is 0 Å². The Labute approximate surface area is 219 Å². The highest BCUT2D eigenvalue weighted by molar-refractivity contribution is 5.87. The van der Waals surface area contributed by atoms with E-state index >= 15 is 0 Å². The van der Waals surface area contributed by atoms with Crippen molar-refractivity contribution in [1.82, 2.24) is 5.32 Å². The van der Waals surface area contributed by atoms with Gasteiger partial charge in [0, 0.05) is 30.2 Å². The third-order valence-corrected chi connectivity index (χ3v) is 8.85. The first-order chi connectivity index (χ1) is 18.1. The lowest BCUT2D eigenvalue weighted by atomic mass is 9.50. The third-order valence-electron chi connectivity index (χ3n) is 8.85. The van der Waals surface area contributed by atoms with Crippen LogP contribution in [0, 0.1) is 11.8 Å². The third kappa shape index (κ3) is 4.03. The highest BCUT2D eigenvalue weighted by Gasteiger charge is 2.62. The Bertz CT molecular complexity index is 1300. The smallest absolute Gasteiger partial charge is 0.154 e. The summed E-state index contributed by atoms with van der Waals surface area (Å²) in [4.78, 5) is 14.0. The minimum atomic E-state index is -1.01. The van der Waals surface area contributed by atoms with E-state index in [4.69, 9.17) is 0 Å². The first-order valence-electron chi connectivity index (χ1n) is 13.3. The average molecular weight is 488 g/mol. The number of hydrogen-bond donors (Lipinski definition) is 2. The highest BCUT2D eigenvalue weighted by atomic mass is 16.3. The van der Waals surface area contributed by atoms with Crippen LogP contribution < -0.4 is 5.32 Å². The molecule has 0 spiro atoms. The van der Waals surface area contributed by atoms with Gasteiger partial charge in [0.2, 0.25) is 0 Å². The lowest BCUT2D eigenvalue weighted by molar-refractivity contribution is -0.125. The number of carbonyl (C=O) groups excluding carboxylic acids is 1. The van der Waals surface area contributed by atoms with Crippen molar-refractivity contribution in [3.8, 4) is 0 Å². The van der Waals surface area contributed by atoms with Crippen LogP contribution in [0.25, 0.3) is 0 Å². The molecule has 3 nitrogen and oxygen atoms in total. The molecule has 0 amide bonds. The zero-order chi connectivity index (χ0) is 25.3. The highest BCUT2D eigenvalue weighted by Crippen LogP contribution is 2.59. The molecule has 37 heavy (non-hydrogen) atoms. The number of aliphatic hydroxyl groups is 1. The van der Waals surface area contributed by atoms with Crippen molar-refractivity contribution < 1.29 is 9.90 Å². The molecule has 0 radical (unpaired) electrons. The van der Waals surface area contributed by atoms with Crippen LogP contribution in [-0.4, -0.2) is 23.5 Å². The Morgan fingerprint density at radius 2 is 1.19 bits per heavy atom. The van der Waals surface area contributed by atoms with E-state index in [1.165, 1.54) is 11.1 Å². The Kier molecular flexibility index (Phi) is 6.27. The average Bonchev–Trinajstić information content (AvgIpc) is 3.43. The van der Waals surface area contributed by atoms with E-state index in [-0.39, 0.29) is 23.7 Å². The fraction of sp³-hybridized carbons (Fsp3) is 0.265. The molecule has 4 atom stereocenters. The van der Waals surface area contributed by atoms with Gasteiger partial charge in [-0.1, -0.05) is 121 Å². The van der Waals surface area contributed by atoms with Crippen LogP contribution in [0.3, 0.4) is 0 Å². The van der Waals surface area contributed by atoms with Crippen molar-refractivity contribution in [1.29, 1.82) is 0 Å². The van der Waals surface area contributed by atoms with E-state index in [2.05, 4.69) is 53.8 Å². The number of fused-ring (bicyclic) bond motifs is 1. The van der Waals surface area contributed by atoms with Gasteiger partial charge in [-0.15, -0.1) is 0 Å². The van der Waals surface area contributed by atoms with Gasteiger partial charge >= 0.3 is 0 Å². The molecule has 1 saturated heterocycles. The molecule has 0 bridgehead atoms. The number of carbonyl (C=O) groups is 1. The standard InChI is InChI=1S/C34H33NO2/c36-30(23-25-13-5-1-6-14-25)32-31-29(24-35-32)34(37,28-19-11-4-12-20-28)22-21-33(31,26-15-7-2-8-16-26)27-17-9-3-10-18-27/h1-20,29,31-32,35,37H,21-24H2. The van der Waals surface area contributed by atoms with Crippen LogP contribution in [0.15, 0.2) is 121 Å². The summed E-state index contributed by atoms with van der Waals surface area (Å²) < 4.78 is 0. The molecule has 6 rings (SSSR count). The molecule has 1 saturated carbocycles. The largest absolute Gasteiger partial charge is 0.385 e. The fourth-order valence-electron chi connectivity index (χ4n) is 7.19. The summed E-state index contributed by atoms with van der Waals surface area (Å²) >= 11 is 0. The van der Waals surface area contributed by atoms with E-state index in [0.29, 0.717) is 19.4 Å². The molecule has 0 aromatic heterocycles. The molecular weight excluding hydrogens is 454 g/mol. The first-order valence-corrected chi connectivity index (χ1v) is 13.3. The van der Waals surface area contributed by atoms with Crippen LogP contribution in [0.1, 0.15) is 35.1 Å². The van der Waals surface area contributed by atoms with Gasteiger partial charge in [0.15, 0.2) is 5.78 Å². The molecule has 1 aliphatic heterocycles. The van der Waals surface area contributed by atoms with Gasteiger partial charge < -0.3 is 10.4 Å². The number of nitrogens with one attached hydrogen (secondary N) is 1. The second-order valence-corrected chi connectivity index (χ2v) is 10.6. The predicted octanol–water partition coefficient (Wildman–Crippen LogP) is 5.67. The van der Waals surface area contributed by atoms with Crippen LogP contribution >= 0.6 is 0 Å². The second-order valence-electron chi connectivity index (χ2n) is 10.6. The predicted molar refractivity (Wildman–Crippen MR) is 147 cm³/mol. The van der Waals surface area contributed by atoms with E-state index in [1.54, 1.807) is 0 Å². The molecule has 4 aromatic rings. The maximum Gasteiger partial charge on any atom is 0.154 e. The van der Waals surface area contributed by atoms with Crippen LogP contribution in [-0.2, 0) is 22.2 Å². The Morgan fingerprint density at radius 3 is 1.73 bits per heavy atom. The van der Waals surface area contributed by atoms with E-state index < -0.39 is 11.0 Å². The molecule has 2 N–H and O–H groups in total. The van der Waals surface area contributed by atoms with E-state index in [0.717, 1.165) is 17.5 Å². The summed E-state index contributed by atoms with van der Waals surface area (Å²) in [6.45, 7) is 0.600. The maximum absolute atomic E-state index is 14.0. The van der Waals surface area contributed by atoms with Crippen molar-refractivity contribution in [2.24, 2.45) is 11.8 Å². The summed E-state index contributed by atoms with van der Waals surface area (Å²) in [6.07, 6.45) is 1.76. The Morgan fingerprint density at radius 1 is 0.703 bits per heavy atom. The lowest BCUT2D eigenvalue weighted by Crippen LogP contribution is -2.56. The molecule has 2 fully saturated rings. The Balaban J connectivity index is 1.52. The molecule has 1 aliphatic carbocycles. The van der Waals surface area contributed by atoms with E-state index in [9.17, 15) is 9.90 Å². The Hall–Kier alpha value is -3.53. The van der Waals surface area contributed by atoms with Crippen molar-refractivity contribution in [3.63, 3.8) is 0 Å². The summed E-state index contributed by atoms with van der Waals surface area (Å²) in [5, 5.41) is 16.0. The molecule has 4 unspecified atom stereocenters. The molecule has 4 aromatic carbocycles. The second kappa shape index (κ2) is 9.74. The maximum atomic E-state index is 14.0. The molecule has 2 aliphatic rings. The zero-order valence-electron chi connectivity index (χ0n) is 21.0. The number of Topliss-reactive ketones (excluding diaryl/α,β-unsaturated/α-hetero) is 1. The lowest BCUT2D eigenvalue weighted by Gasteiger charge is -2.54. The minimum absolute atomic E-state index is 0.104. The van der Waals surface area contributed by atoms with Gasteiger partial charge in [0.1, 0.15) is 0 Å². The van der Waals surface area contributed by atoms with E-state index in [1.807, 2.05) is 72.8 Å². The van der Waals surface area contributed by atoms with Gasteiger partial charge in [0.05, 0.1) is 11.6 Å². The zero-order valence-corrected chi connectivity index (χ0v) is 21.0. The quantitative estimate of drug-likeness (QED) is 0.368. The number of benzene rings is 4. The molecule has 3 heteroatoms. The summed E-state index contributed by atoms with van der Waals surface area (Å²) in [5.74, 6) is -0.0338. The number of hydrogen-bond acceptors (Lipinski definition) is 3. The fourth-order valence-corrected chi connectivity index (χ4v) is 7.19. The number of rotatable bonds is 6. The summed E-state index contributed by atoms with van der Waals surface area (Å²) in [7, 11) is 0. The molecular formula is C34H33NO2. The van der Waals surface area contributed by atoms with Crippen LogP contribution in [0.4, 0.5) is 0 Å². The minimum Gasteiger partial charge on any atom is -0.385 e. The number of ketones is 1. The summed E-state index contributed by atoms with van der Waals surface area (Å²) in [5.41, 5.74) is 3.00. The molecule has 186 valence electrons. The van der Waals surface area contributed by atoms with Crippen molar-refractivity contribution in [2.45, 2.75) is 36.3 Å². The van der Waals surface area contributed by atoms with Crippen molar-refractivity contribution in [2.75, 3.05) is 6.54 Å². The van der Waals surface area contributed by atoms with Crippen molar-refractivity contribution in [3.05, 3.63) is 144 Å². The topological polar surface area (TPSA) is 49.3 Å². The van der Waals surface area contributed by atoms with Gasteiger partial charge in [-0.05, 0) is 35.1 Å². The first kappa shape index (κ1) is 23.8. The van der Waals surface area contributed by atoms with Gasteiger partial charge in [-0.2, -0.15) is 0 Å². The van der Waals surface area contributed by atoms with Crippen LogP contribution in [0.5, 0.6) is 0 Å². The normalized spacial score (nSPS) is 26.4. The van der Waals surface area contributed by atoms with Crippen molar-refractivity contribution >= 4 is 5.78 Å². The molecule has 1 heterocycles. The van der Waals surface area contributed by atoms with Crippen LogP contribution in [0.2, 0.25) is 0 Å².